The molecule has 0 spiro atoms. The average Bonchev–Trinajstić information content (AvgIpc) is 3.91. The lowest BCUT2D eigenvalue weighted by Crippen LogP contribution is -2.11. The standard InChI is InChI=1S/C19H20N4O3.C17H19N3O4.S6/c1-5-6-15-21-18-17(19(24)22-15)11-8-14(25-4)12(7-13(11)20-18)16-9(2)23-26-10(16)3;1-5-23-17(21)15-10-7-13(22-4)11(6-12(10)19-16(15)18)14-8(2)20-24-9(14)3;1-3-5-6-4-2/h7-8H,5-6H2,1-4H3,(H2,20,21,22,24);6-7,19H,5,18H2,1-4H3;. The molecule has 0 aliphatic heterocycles. The number of aromatic nitrogens is 6. The number of benzene rings is 2. The van der Waals surface area contributed by atoms with Crippen molar-refractivity contribution in [3.63, 3.8) is 0 Å². The molecule has 5 heterocycles. The Morgan fingerprint density at radius 3 is 1.82 bits per heavy atom. The normalized spacial score (nSPS) is 10.7. The van der Waals surface area contributed by atoms with Crippen molar-refractivity contribution in [2.45, 2.75) is 54.4 Å². The number of aryl methyl sites for hydroxylation is 5. The molecule has 7 aromatic rings. The highest BCUT2D eigenvalue weighted by Gasteiger charge is 2.23. The number of nitrogens with zero attached hydrogens (tertiary/aromatic N) is 3. The first-order valence-electron chi connectivity index (χ1n) is 17.0. The highest BCUT2D eigenvalue weighted by molar-refractivity contribution is 8.64. The molecule has 20 heteroatoms. The van der Waals surface area contributed by atoms with Gasteiger partial charge in [0, 0.05) is 97.3 Å². The molecule has 14 nitrogen and oxygen atoms in total. The summed E-state index contributed by atoms with van der Waals surface area (Å²) < 4.78 is 26.7. The SMILES string of the molecule is CCCc1nc2[nH]c3cc(-c4c(C)noc4C)c(OC)cc3c2c(=O)[nH]1.CCOC(=O)c1c(N)[nH]c2cc(-c3c(C)noc3C)c(OC)cc12.S=S=S=S=S=S. The summed E-state index contributed by atoms with van der Waals surface area (Å²) in [5.74, 6) is 3.16. The number of hydrogen-bond acceptors (Lipinski definition) is 13. The summed E-state index contributed by atoms with van der Waals surface area (Å²) in [5.41, 5.74) is 13.3. The van der Waals surface area contributed by atoms with Crippen LogP contribution < -0.4 is 20.8 Å². The predicted octanol–water partition coefficient (Wildman–Crippen LogP) is 6.83. The molecule has 5 N–H and O–H groups in total. The quantitative estimate of drug-likeness (QED) is 0.116. The van der Waals surface area contributed by atoms with Crippen molar-refractivity contribution in [2.75, 3.05) is 26.6 Å². The largest absolute Gasteiger partial charge is 0.496 e. The lowest BCUT2D eigenvalue weighted by molar-refractivity contribution is 0.0530. The second-order valence-corrected chi connectivity index (χ2v) is 19.2. The molecule has 0 radical (unpaired) electrons. The molecular weight excluding hydrogens is 835 g/mol. The molecule has 0 saturated heterocycles. The van der Waals surface area contributed by atoms with E-state index in [0.717, 1.165) is 63.1 Å². The van der Waals surface area contributed by atoms with E-state index < -0.39 is 5.97 Å². The van der Waals surface area contributed by atoms with Crippen molar-refractivity contribution in [2.24, 2.45) is 0 Å². The Morgan fingerprint density at radius 1 is 0.821 bits per heavy atom. The van der Waals surface area contributed by atoms with Crippen molar-refractivity contribution < 1.29 is 28.1 Å². The summed E-state index contributed by atoms with van der Waals surface area (Å²) in [5, 5.41) is 9.99. The van der Waals surface area contributed by atoms with Gasteiger partial charge in [0.15, 0.2) is 0 Å². The van der Waals surface area contributed by atoms with E-state index in [1.807, 2.05) is 45.9 Å². The highest BCUT2D eigenvalue weighted by Crippen LogP contribution is 2.40. The third-order valence-electron chi connectivity index (χ3n) is 8.63. The summed E-state index contributed by atoms with van der Waals surface area (Å²) >= 11 is 9.03. The Hall–Kier alpha value is -4.73. The maximum atomic E-state index is 12.6. The number of nitrogen functional groups attached to an aromatic ring is 1. The van der Waals surface area contributed by atoms with Crippen molar-refractivity contribution in [3.05, 3.63) is 68.9 Å². The number of ether oxygens (including phenoxy) is 3. The lowest BCUT2D eigenvalue weighted by Gasteiger charge is -2.09. The lowest BCUT2D eigenvalue weighted by atomic mass is 10.0. The third kappa shape index (κ3) is 8.79. The van der Waals surface area contributed by atoms with E-state index in [-0.39, 0.29) is 18.0 Å². The Morgan fingerprint density at radius 2 is 1.36 bits per heavy atom. The van der Waals surface area contributed by atoms with Gasteiger partial charge < -0.3 is 43.9 Å². The Labute approximate surface area is 342 Å². The fourth-order valence-electron chi connectivity index (χ4n) is 6.39. The van der Waals surface area contributed by atoms with Crippen LogP contribution in [0.15, 0.2) is 38.1 Å². The van der Waals surface area contributed by atoms with Crippen LogP contribution in [0.1, 0.15) is 59.4 Å². The zero-order valence-corrected chi connectivity index (χ0v) is 36.6. The smallest absolute Gasteiger partial charge is 0.342 e. The number of nitrogens with two attached hydrogens (primary N) is 1. The van der Waals surface area contributed by atoms with Crippen molar-refractivity contribution >= 4 is 103 Å². The van der Waals surface area contributed by atoms with Gasteiger partial charge >= 0.3 is 5.97 Å². The Bertz CT molecular complexity index is 2760. The van der Waals surface area contributed by atoms with Gasteiger partial charge in [0.25, 0.3) is 5.56 Å². The van der Waals surface area contributed by atoms with Gasteiger partial charge in [-0.05, 0) is 65.3 Å². The van der Waals surface area contributed by atoms with Crippen LogP contribution in [0.4, 0.5) is 5.82 Å². The van der Waals surface area contributed by atoms with E-state index >= 15 is 0 Å². The summed E-state index contributed by atoms with van der Waals surface area (Å²) in [4.78, 5) is 38.5. The summed E-state index contributed by atoms with van der Waals surface area (Å²) in [6.07, 6.45) is 1.65. The zero-order chi connectivity index (χ0) is 40.7. The van der Waals surface area contributed by atoms with Crippen LogP contribution in [-0.2, 0) is 69.1 Å². The number of hydrogen-bond donors (Lipinski definition) is 4. The number of aromatic amines is 3. The van der Waals surface area contributed by atoms with E-state index in [4.69, 9.17) is 29.0 Å². The van der Waals surface area contributed by atoms with E-state index in [9.17, 15) is 9.59 Å². The molecule has 0 bridgehead atoms. The maximum Gasteiger partial charge on any atom is 0.342 e. The van der Waals surface area contributed by atoms with Crippen LogP contribution in [0.5, 0.6) is 11.5 Å². The zero-order valence-electron chi connectivity index (χ0n) is 31.7. The summed E-state index contributed by atoms with van der Waals surface area (Å²) in [6.45, 7) is 11.5. The van der Waals surface area contributed by atoms with Crippen molar-refractivity contribution in [1.29, 1.82) is 0 Å². The second kappa shape index (κ2) is 18.9. The van der Waals surface area contributed by atoms with Crippen molar-refractivity contribution in [1.82, 2.24) is 30.2 Å². The Kier molecular flexibility index (Phi) is 14.3. The van der Waals surface area contributed by atoms with Gasteiger partial charge in [-0.25, -0.2) is 9.78 Å². The summed E-state index contributed by atoms with van der Waals surface area (Å²) in [6, 6.07) is 7.47. The van der Waals surface area contributed by atoms with Crippen LogP contribution in [0, 0.1) is 27.7 Å². The Balaban J connectivity index is 0.000000188. The molecule has 0 unspecified atom stereocenters. The molecule has 0 aliphatic rings. The number of carbonyl (C=O) groups is 1. The molecule has 0 aliphatic carbocycles. The number of rotatable bonds is 8. The van der Waals surface area contributed by atoms with Crippen LogP contribution in [0.25, 0.3) is 55.1 Å². The van der Waals surface area contributed by atoms with Gasteiger partial charge in [-0.1, -0.05) is 17.2 Å². The molecule has 7 rings (SSSR count). The van der Waals surface area contributed by atoms with Crippen LogP contribution >= 0.6 is 0 Å². The molecule has 0 saturated carbocycles. The fraction of sp³-hybridized carbons (Fsp3) is 0.306. The van der Waals surface area contributed by atoms with Gasteiger partial charge in [-0.3, -0.25) is 4.79 Å². The number of nitrogens with one attached hydrogen (secondary N) is 3. The predicted molar refractivity (Wildman–Crippen MR) is 234 cm³/mol. The molecule has 296 valence electrons. The highest BCUT2D eigenvalue weighted by atomic mass is 33.3. The minimum atomic E-state index is -0.464. The molecule has 0 fully saturated rings. The van der Waals surface area contributed by atoms with Crippen LogP contribution in [0.2, 0.25) is 0 Å². The average molecular weight is 874 g/mol. The molecular formula is C36H39N7O7S6. The van der Waals surface area contributed by atoms with Crippen LogP contribution in [0.3, 0.4) is 0 Å². The van der Waals surface area contributed by atoms with E-state index in [2.05, 4.69) is 59.5 Å². The fourth-order valence-corrected chi connectivity index (χ4v) is 11.9. The molecule has 2 aromatic carbocycles. The minimum Gasteiger partial charge on any atom is -0.496 e. The monoisotopic (exact) mass is 873 g/mol. The first-order valence-corrected chi connectivity index (χ1v) is 23.7. The summed E-state index contributed by atoms with van der Waals surface area (Å²) in [7, 11) is 8.82. The molecule has 56 heavy (non-hydrogen) atoms. The van der Waals surface area contributed by atoms with Gasteiger partial charge in [-0.15, -0.1) is 0 Å². The third-order valence-corrected chi connectivity index (χ3v) is 15.3. The van der Waals surface area contributed by atoms with Gasteiger partial charge in [0.05, 0.1) is 48.7 Å². The van der Waals surface area contributed by atoms with Gasteiger partial charge in [0.1, 0.15) is 45.9 Å². The van der Waals surface area contributed by atoms with E-state index in [1.54, 1.807) is 27.2 Å². The van der Waals surface area contributed by atoms with E-state index in [0.29, 0.717) is 50.6 Å². The van der Waals surface area contributed by atoms with Crippen LogP contribution in [-0.4, -0.2) is 57.0 Å². The first-order chi connectivity index (χ1) is 26.9. The second-order valence-electron chi connectivity index (χ2n) is 12.1. The maximum absolute atomic E-state index is 12.6. The minimum absolute atomic E-state index is 0.142. The van der Waals surface area contributed by atoms with Gasteiger partial charge in [-0.2, -0.15) is 0 Å². The number of anilines is 1. The first kappa shape index (κ1) is 42.4. The van der Waals surface area contributed by atoms with E-state index in [1.165, 1.54) is 35.5 Å². The van der Waals surface area contributed by atoms with Gasteiger partial charge in [0.2, 0.25) is 0 Å². The number of H-pyrrole nitrogens is 3. The number of methoxy groups -OCH3 is 2. The number of carbonyl (C=O) groups excluding carboxylic acids is 1. The molecule has 0 atom stereocenters. The number of fused-ring (bicyclic) bond motifs is 4. The molecule has 5 aromatic heterocycles. The number of esters is 1. The van der Waals surface area contributed by atoms with Crippen molar-refractivity contribution in [3.8, 4) is 33.8 Å². The topological polar surface area (TPSA) is 200 Å². The molecule has 0 amide bonds.